The van der Waals surface area contributed by atoms with E-state index >= 15 is 0 Å². The summed E-state index contributed by atoms with van der Waals surface area (Å²) in [4.78, 5) is 15.8. The summed E-state index contributed by atoms with van der Waals surface area (Å²) in [6.45, 7) is 0. The van der Waals surface area contributed by atoms with Crippen molar-refractivity contribution >= 4 is 17.4 Å². The van der Waals surface area contributed by atoms with Gasteiger partial charge < -0.3 is 0 Å². The van der Waals surface area contributed by atoms with E-state index in [1.165, 1.54) is 0 Å². The van der Waals surface area contributed by atoms with E-state index in [0.717, 1.165) is 5.56 Å². The SMILES string of the molecule is O=C(CCc1ccc(Cl)cc1)c1ccccn1. The van der Waals surface area contributed by atoms with Crippen LogP contribution in [0.15, 0.2) is 48.7 Å². The molecule has 0 bridgehead atoms. The summed E-state index contributed by atoms with van der Waals surface area (Å²) in [6.07, 6.45) is 2.82. The second-order valence-corrected chi connectivity index (χ2v) is 4.20. The summed E-state index contributed by atoms with van der Waals surface area (Å²) in [5, 5.41) is 0.713. The van der Waals surface area contributed by atoms with Gasteiger partial charge in [0, 0.05) is 17.6 Å². The van der Waals surface area contributed by atoms with Gasteiger partial charge in [-0.25, -0.2) is 0 Å². The molecule has 0 radical (unpaired) electrons. The van der Waals surface area contributed by atoms with Gasteiger partial charge in [0.05, 0.1) is 0 Å². The first-order chi connectivity index (χ1) is 8.25. The van der Waals surface area contributed by atoms with Crippen LogP contribution in [0.3, 0.4) is 0 Å². The Hall–Kier alpha value is -1.67. The largest absolute Gasteiger partial charge is 0.292 e. The summed E-state index contributed by atoms with van der Waals surface area (Å²) < 4.78 is 0. The number of rotatable bonds is 4. The molecule has 0 aliphatic carbocycles. The second kappa shape index (κ2) is 5.60. The van der Waals surface area contributed by atoms with Crippen LogP contribution < -0.4 is 0 Å². The van der Waals surface area contributed by atoms with E-state index < -0.39 is 0 Å². The average molecular weight is 246 g/mol. The van der Waals surface area contributed by atoms with Gasteiger partial charge in [-0.1, -0.05) is 29.8 Å². The molecule has 2 nitrogen and oxygen atoms in total. The molecule has 0 aliphatic rings. The standard InChI is InChI=1S/C14H12ClNO/c15-12-7-4-11(5-8-12)6-9-14(17)13-3-1-2-10-16-13/h1-5,7-8,10H,6,9H2. The predicted molar refractivity (Wildman–Crippen MR) is 68.3 cm³/mol. The number of carbonyl (C=O) groups is 1. The van der Waals surface area contributed by atoms with Crippen molar-refractivity contribution < 1.29 is 4.79 Å². The lowest BCUT2D eigenvalue weighted by molar-refractivity contribution is 0.0978. The Morgan fingerprint density at radius 2 is 1.88 bits per heavy atom. The zero-order chi connectivity index (χ0) is 12.1. The van der Waals surface area contributed by atoms with Crippen LogP contribution in [0.4, 0.5) is 0 Å². The average Bonchev–Trinajstić information content (AvgIpc) is 2.39. The number of carbonyl (C=O) groups excluding carboxylic acids is 1. The Morgan fingerprint density at radius 1 is 1.12 bits per heavy atom. The summed E-state index contributed by atoms with van der Waals surface area (Å²) >= 11 is 5.79. The Balaban J connectivity index is 1.95. The zero-order valence-electron chi connectivity index (χ0n) is 9.27. The van der Waals surface area contributed by atoms with Crippen LogP contribution >= 0.6 is 11.6 Å². The third-order valence-electron chi connectivity index (χ3n) is 2.50. The van der Waals surface area contributed by atoms with E-state index in [0.29, 0.717) is 23.6 Å². The highest BCUT2D eigenvalue weighted by atomic mass is 35.5. The molecule has 0 N–H and O–H groups in total. The molecule has 17 heavy (non-hydrogen) atoms. The molecule has 0 unspecified atom stereocenters. The maximum atomic E-state index is 11.8. The number of aryl methyl sites for hydroxylation is 1. The van der Waals surface area contributed by atoms with Gasteiger partial charge in [-0.15, -0.1) is 0 Å². The van der Waals surface area contributed by atoms with E-state index in [2.05, 4.69) is 4.98 Å². The highest BCUT2D eigenvalue weighted by Gasteiger charge is 2.06. The van der Waals surface area contributed by atoms with Crippen LogP contribution in [0, 0.1) is 0 Å². The topological polar surface area (TPSA) is 30.0 Å². The number of ketones is 1. The molecule has 0 spiro atoms. The van der Waals surface area contributed by atoms with E-state index in [-0.39, 0.29) is 5.78 Å². The fourth-order valence-electron chi connectivity index (χ4n) is 1.56. The number of nitrogens with zero attached hydrogens (tertiary/aromatic N) is 1. The van der Waals surface area contributed by atoms with Crippen LogP contribution in [0.2, 0.25) is 5.02 Å². The molecule has 0 saturated heterocycles. The first kappa shape index (κ1) is 11.8. The van der Waals surface area contributed by atoms with Crippen molar-refractivity contribution in [2.24, 2.45) is 0 Å². The van der Waals surface area contributed by atoms with Crippen molar-refractivity contribution in [2.45, 2.75) is 12.8 Å². The van der Waals surface area contributed by atoms with Crippen molar-refractivity contribution in [3.05, 3.63) is 64.9 Å². The smallest absolute Gasteiger partial charge is 0.181 e. The maximum absolute atomic E-state index is 11.8. The summed E-state index contributed by atoms with van der Waals surface area (Å²) in [6, 6.07) is 12.9. The number of hydrogen-bond donors (Lipinski definition) is 0. The van der Waals surface area contributed by atoms with Gasteiger partial charge in [0.15, 0.2) is 5.78 Å². The Bertz CT molecular complexity index is 493. The zero-order valence-corrected chi connectivity index (χ0v) is 10.0. The van der Waals surface area contributed by atoms with E-state index in [1.54, 1.807) is 18.3 Å². The molecular weight excluding hydrogens is 234 g/mol. The van der Waals surface area contributed by atoms with E-state index in [4.69, 9.17) is 11.6 Å². The maximum Gasteiger partial charge on any atom is 0.181 e. The quantitative estimate of drug-likeness (QED) is 0.771. The van der Waals surface area contributed by atoms with Crippen LogP contribution in [0.25, 0.3) is 0 Å². The fourth-order valence-corrected chi connectivity index (χ4v) is 1.69. The minimum atomic E-state index is 0.0700. The summed E-state index contributed by atoms with van der Waals surface area (Å²) in [7, 11) is 0. The lowest BCUT2D eigenvalue weighted by atomic mass is 10.1. The Kier molecular flexibility index (Phi) is 3.89. The van der Waals surface area contributed by atoms with E-state index in [9.17, 15) is 4.79 Å². The lowest BCUT2D eigenvalue weighted by Crippen LogP contribution is -2.03. The first-order valence-electron chi connectivity index (χ1n) is 5.44. The molecule has 3 heteroatoms. The number of pyridine rings is 1. The molecule has 0 atom stereocenters. The molecule has 0 amide bonds. The lowest BCUT2D eigenvalue weighted by Gasteiger charge is -2.01. The van der Waals surface area contributed by atoms with Crippen molar-refractivity contribution in [1.29, 1.82) is 0 Å². The highest BCUT2D eigenvalue weighted by molar-refractivity contribution is 6.30. The Labute approximate surface area is 105 Å². The van der Waals surface area contributed by atoms with Crippen LogP contribution in [0.1, 0.15) is 22.5 Å². The van der Waals surface area contributed by atoms with Crippen molar-refractivity contribution in [3.63, 3.8) is 0 Å². The number of hydrogen-bond acceptors (Lipinski definition) is 2. The van der Waals surface area contributed by atoms with E-state index in [1.807, 2.05) is 30.3 Å². The highest BCUT2D eigenvalue weighted by Crippen LogP contribution is 2.12. The van der Waals surface area contributed by atoms with Crippen LogP contribution in [-0.4, -0.2) is 10.8 Å². The molecular formula is C14H12ClNO. The molecule has 0 aliphatic heterocycles. The number of halogens is 1. The molecule has 0 saturated carbocycles. The summed E-state index contributed by atoms with van der Waals surface area (Å²) in [5.41, 5.74) is 1.64. The number of benzene rings is 1. The fraction of sp³-hybridized carbons (Fsp3) is 0.143. The Morgan fingerprint density at radius 3 is 2.53 bits per heavy atom. The first-order valence-corrected chi connectivity index (χ1v) is 5.82. The second-order valence-electron chi connectivity index (χ2n) is 3.76. The third-order valence-corrected chi connectivity index (χ3v) is 2.76. The van der Waals surface area contributed by atoms with Gasteiger partial charge in [0.25, 0.3) is 0 Å². The van der Waals surface area contributed by atoms with Crippen molar-refractivity contribution in [1.82, 2.24) is 4.98 Å². The number of aromatic nitrogens is 1. The molecule has 86 valence electrons. The van der Waals surface area contributed by atoms with Crippen molar-refractivity contribution in [2.75, 3.05) is 0 Å². The minimum absolute atomic E-state index is 0.0700. The summed E-state index contributed by atoms with van der Waals surface area (Å²) in [5.74, 6) is 0.0700. The minimum Gasteiger partial charge on any atom is -0.292 e. The van der Waals surface area contributed by atoms with Crippen LogP contribution in [-0.2, 0) is 6.42 Å². The normalized spacial score (nSPS) is 10.2. The monoisotopic (exact) mass is 245 g/mol. The van der Waals surface area contributed by atoms with Gasteiger partial charge in [-0.2, -0.15) is 0 Å². The molecule has 2 rings (SSSR count). The van der Waals surface area contributed by atoms with Gasteiger partial charge in [0.1, 0.15) is 5.69 Å². The van der Waals surface area contributed by atoms with Gasteiger partial charge in [-0.3, -0.25) is 9.78 Å². The molecule has 1 heterocycles. The van der Waals surface area contributed by atoms with Crippen molar-refractivity contribution in [3.8, 4) is 0 Å². The van der Waals surface area contributed by atoms with Crippen LogP contribution in [0.5, 0.6) is 0 Å². The molecule has 1 aromatic heterocycles. The third kappa shape index (κ3) is 3.40. The molecule has 2 aromatic rings. The predicted octanol–water partition coefficient (Wildman–Crippen LogP) is 3.55. The van der Waals surface area contributed by atoms with Gasteiger partial charge in [0.2, 0.25) is 0 Å². The number of Topliss-reactive ketones (excluding diaryl/α,β-unsaturated/α-hetero) is 1. The van der Waals surface area contributed by atoms with Gasteiger partial charge in [-0.05, 0) is 36.2 Å². The van der Waals surface area contributed by atoms with Gasteiger partial charge >= 0.3 is 0 Å². The molecule has 0 fully saturated rings. The molecule has 1 aromatic carbocycles.